The number of thioether (sulfide) groups is 1. The predicted molar refractivity (Wildman–Crippen MR) is 105 cm³/mol. The number of aromatic nitrogens is 2. The van der Waals surface area contributed by atoms with E-state index in [0.29, 0.717) is 5.75 Å². The van der Waals surface area contributed by atoms with Crippen molar-refractivity contribution in [3.05, 3.63) is 46.1 Å². The highest BCUT2D eigenvalue weighted by Gasteiger charge is 2.14. The number of hydrogen-bond acceptors (Lipinski definition) is 6. The average molecular weight is 375 g/mol. The van der Waals surface area contributed by atoms with E-state index in [9.17, 15) is 5.11 Å². The summed E-state index contributed by atoms with van der Waals surface area (Å²) in [6, 6.07) is 6.07. The molecule has 4 nitrogen and oxygen atoms in total. The van der Waals surface area contributed by atoms with Crippen LogP contribution < -0.4 is 4.74 Å². The van der Waals surface area contributed by atoms with E-state index < -0.39 is 6.10 Å². The van der Waals surface area contributed by atoms with Gasteiger partial charge in [-0.05, 0) is 56.5 Å². The van der Waals surface area contributed by atoms with Gasteiger partial charge in [0, 0.05) is 16.0 Å². The minimum atomic E-state index is -0.559. The molecule has 0 fully saturated rings. The Bertz CT molecular complexity index is 872. The Morgan fingerprint density at radius 3 is 2.56 bits per heavy atom. The van der Waals surface area contributed by atoms with Gasteiger partial charge in [0.05, 0.1) is 6.10 Å². The zero-order valence-corrected chi connectivity index (χ0v) is 16.5. The smallest absolute Gasteiger partial charge is 0.128 e. The first-order chi connectivity index (χ1) is 11.9. The molecule has 0 saturated carbocycles. The molecule has 3 rings (SSSR count). The molecular formula is C19H22N2O2S2. The van der Waals surface area contributed by atoms with Gasteiger partial charge in [0.2, 0.25) is 0 Å². The van der Waals surface area contributed by atoms with Gasteiger partial charge in [-0.1, -0.05) is 6.07 Å². The molecule has 3 aromatic rings. The number of aryl methyl sites for hydroxylation is 4. The van der Waals surface area contributed by atoms with Gasteiger partial charge >= 0.3 is 0 Å². The van der Waals surface area contributed by atoms with Crippen LogP contribution in [0.1, 0.15) is 21.6 Å². The summed E-state index contributed by atoms with van der Waals surface area (Å²) in [5.41, 5.74) is 3.54. The van der Waals surface area contributed by atoms with E-state index in [-0.39, 0.29) is 6.61 Å². The molecule has 132 valence electrons. The standard InChI is InChI=1S/C19H22N2O2S2/c1-11-5-12(2)7-16(6-11)23-8-15(22)9-24-18-17-13(3)14(4)25-19(17)21-10-20-18/h5-7,10,15,22H,8-9H2,1-4H3. The summed E-state index contributed by atoms with van der Waals surface area (Å²) < 4.78 is 5.74. The first kappa shape index (κ1) is 18.2. The van der Waals surface area contributed by atoms with Crippen molar-refractivity contribution in [2.45, 2.75) is 38.8 Å². The molecule has 1 N–H and O–H groups in total. The topological polar surface area (TPSA) is 55.2 Å². The maximum Gasteiger partial charge on any atom is 0.128 e. The minimum absolute atomic E-state index is 0.270. The maximum atomic E-state index is 10.3. The van der Waals surface area contributed by atoms with Crippen molar-refractivity contribution in [1.82, 2.24) is 9.97 Å². The van der Waals surface area contributed by atoms with Crippen LogP contribution in [-0.2, 0) is 0 Å². The van der Waals surface area contributed by atoms with Crippen LogP contribution in [0, 0.1) is 27.7 Å². The first-order valence-electron chi connectivity index (χ1n) is 8.16. The highest BCUT2D eigenvalue weighted by Crippen LogP contribution is 2.34. The lowest BCUT2D eigenvalue weighted by atomic mass is 10.1. The normalized spacial score (nSPS) is 12.5. The maximum absolute atomic E-state index is 10.3. The van der Waals surface area contributed by atoms with Gasteiger partial charge in [0.15, 0.2) is 0 Å². The fourth-order valence-corrected chi connectivity index (χ4v) is 4.72. The average Bonchev–Trinajstić information content (AvgIpc) is 2.85. The lowest BCUT2D eigenvalue weighted by Crippen LogP contribution is -2.20. The van der Waals surface area contributed by atoms with Gasteiger partial charge in [-0.3, -0.25) is 0 Å². The van der Waals surface area contributed by atoms with Gasteiger partial charge in [-0.25, -0.2) is 9.97 Å². The van der Waals surface area contributed by atoms with Gasteiger partial charge in [0.1, 0.15) is 28.5 Å². The molecule has 0 spiro atoms. The van der Waals surface area contributed by atoms with Crippen molar-refractivity contribution >= 4 is 33.3 Å². The number of aliphatic hydroxyl groups is 1. The van der Waals surface area contributed by atoms with Crippen molar-refractivity contribution in [2.75, 3.05) is 12.4 Å². The van der Waals surface area contributed by atoms with Crippen molar-refractivity contribution in [3.8, 4) is 5.75 Å². The molecule has 0 aliphatic heterocycles. The Morgan fingerprint density at radius 2 is 1.84 bits per heavy atom. The van der Waals surface area contributed by atoms with E-state index >= 15 is 0 Å². The monoisotopic (exact) mass is 374 g/mol. The zero-order chi connectivity index (χ0) is 18.0. The number of thiophene rings is 1. The third kappa shape index (κ3) is 4.32. The number of ether oxygens (including phenoxy) is 1. The Hall–Kier alpha value is -1.63. The van der Waals surface area contributed by atoms with Crippen LogP contribution in [0.15, 0.2) is 29.6 Å². The lowest BCUT2D eigenvalue weighted by molar-refractivity contribution is 0.126. The van der Waals surface area contributed by atoms with Gasteiger partial charge in [0.25, 0.3) is 0 Å². The first-order valence-corrected chi connectivity index (χ1v) is 9.97. The number of aliphatic hydroxyl groups excluding tert-OH is 1. The van der Waals surface area contributed by atoms with Crippen LogP contribution in [0.5, 0.6) is 5.75 Å². The van der Waals surface area contributed by atoms with Crippen LogP contribution in [0.3, 0.4) is 0 Å². The summed E-state index contributed by atoms with van der Waals surface area (Å²) >= 11 is 3.24. The lowest BCUT2D eigenvalue weighted by Gasteiger charge is -2.13. The SMILES string of the molecule is Cc1cc(C)cc(OCC(O)CSc2ncnc3sc(C)c(C)c23)c1. The van der Waals surface area contributed by atoms with E-state index in [1.807, 2.05) is 26.0 Å². The molecule has 0 aliphatic rings. The van der Waals surface area contributed by atoms with Crippen LogP contribution >= 0.6 is 23.1 Å². The van der Waals surface area contributed by atoms with Crippen LogP contribution in [-0.4, -0.2) is 33.5 Å². The summed E-state index contributed by atoms with van der Waals surface area (Å²) in [5.74, 6) is 1.33. The predicted octanol–water partition coefficient (Wildman–Crippen LogP) is 4.46. The molecule has 1 atom stereocenters. The number of benzene rings is 1. The Balaban J connectivity index is 1.62. The van der Waals surface area contributed by atoms with Crippen LogP contribution in [0.25, 0.3) is 10.2 Å². The molecule has 1 aromatic carbocycles. The second-order valence-electron chi connectivity index (χ2n) is 6.24. The van der Waals surface area contributed by atoms with Gasteiger partial charge in [-0.2, -0.15) is 0 Å². The van der Waals surface area contributed by atoms with Gasteiger partial charge in [-0.15, -0.1) is 23.1 Å². The zero-order valence-electron chi connectivity index (χ0n) is 14.9. The Kier molecular flexibility index (Phi) is 5.61. The number of nitrogens with zero attached hydrogens (tertiary/aromatic N) is 2. The Labute approximate surface area is 156 Å². The summed E-state index contributed by atoms with van der Waals surface area (Å²) in [7, 11) is 0. The number of fused-ring (bicyclic) bond motifs is 1. The van der Waals surface area contributed by atoms with Crippen LogP contribution in [0.4, 0.5) is 0 Å². The van der Waals surface area contributed by atoms with Crippen molar-refractivity contribution in [1.29, 1.82) is 0 Å². The quantitative estimate of drug-likeness (QED) is 0.510. The van der Waals surface area contributed by atoms with Gasteiger partial charge < -0.3 is 9.84 Å². The molecule has 0 amide bonds. The fraction of sp³-hybridized carbons (Fsp3) is 0.368. The molecule has 0 aliphatic carbocycles. The van der Waals surface area contributed by atoms with Crippen molar-refractivity contribution in [3.63, 3.8) is 0 Å². The number of hydrogen-bond donors (Lipinski definition) is 1. The Morgan fingerprint density at radius 1 is 1.12 bits per heavy atom. The molecule has 1 unspecified atom stereocenters. The summed E-state index contributed by atoms with van der Waals surface area (Å²) in [6.45, 7) is 8.55. The van der Waals surface area contributed by atoms with Crippen molar-refractivity contribution in [2.24, 2.45) is 0 Å². The molecule has 0 radical (unpaired) electrons. The fourth-order valence-electron chi connectivity index (χ4n) is 2.69. The number of rotatable bonds is 6. The van der Waals surface area contributed by atoms with E-state index in [0.717, 1.165) is 32.1 Å². The summed E-state index contributed by atoms with van der Waals surface area (Å²) in [5, 5.41) is 12.3. The molecule has 0 saturated heterocycles. The second kappa shape index (κ2) is 7.72. The third-order valence-electron chi connectivity index (χ3n) is 3.98. The third-order valence-corrected chi connectivity index (χ3v) is 6.23. The summed E-state index contributed by atoms with van der Waals surface area (Å²) in [4.78, 5) is 11.0. The molecule has 2 aromatic heterocycles. The van der Waals surface area contributed by atoms with Crippen molar-refractivity contribution < 1.29 is 9.84 Å². The summed E-state index contributed by atoms with van der Waals surface area (Å²) in [6.07, 6.45) is 1.04. The molecule has 25 heavy (non-hydrogen) atoms. The second-order valence-corrected chi connectivity index (χ2v) is 8.45. The highest BCUT2D eigenvalue weighted by atomic mass is 32.2. The molecular weight excluding hydrogens is 352 g/mol. The molecule has 2 heterocycles. The largest absolute Gasteiger partial charge is 0.491 e. The van der Waals surface area contributed by atoms with E-state index in [1.165, 1.54) is 10.4 Å². The molecule has 0 bridgehead atoms. The van der Waals surface area contributed by atoms with E-state index in [2.05, 4.69) is 29.9 Å². The molecule has 6 heteroatoms. The highest BCUT2D eigenvalue weighted by molar-refractivity contribution is 7.99. The minimum Gasteiger partial charge on any atom is -0.491 e. The van der Waals surface area contributed by atoms with Crippen LogP contribution in [0.2, 0.25) is 0 Å². The van der Waals surface area contributed by atoms with E-state index in [1.54, 1.807) is 29.4 Å². The van der Waals surface area contributed by atoms with E-state index in [4.69, 9.17) is 4.74 Å².